The van der Waals surface area contributed by atoms with Crippen molar-refractivity contribution in [1.82, 2.24) is 4.98 Å². The molecule has 0 N–H and O–H groups in total. The first-order valence-electron chi connectivity index (χ1n) is 5.27. The van der Waals surface area contributed by atoms with Gasteiger partial charge in [-0.3, -0.25) is 10.1 Å². The molecule has 8 heteroatoms. The topological polar surface area (TPSA) is 56.0 Å². The van der Waals surface area contributed by atoms with E-state index in [2.05, 4.69) is 4.98 Å². The molecule has 2 rings (SSSR count). The molecule has 0 atom stereocenters. The molecule has 1 heterocycles. The number of hydrogen-bond donors (Lipinski definition) is 0. The van der Waals surface area contributed by atoms with Crippen molar-refractivity contribution in [2.75, 3.05) is 0 Å². The van der Waals surface area contributed by atoms with Crippen LogP contribution in [0.3, 0.4) is 0 Å². The average Bonchev–Trinajstić information content (AvgIpc) is 2.37. The van der Waals surface area contributed by atoms with Crippen LogP contribution in [0.15, 0.2) is 36.4 Å². The fraction of sp³-hybridized carbons (Fsp3) is 0.0833. The first-order chi connectivity index (χ1) is 9.29. The van der Waals surface area contributed by atoms with Crippen LogP contribution in [0, 0.1) is 10.1 Å². The second-order valence-electron chi connectivity index (χ2n) is 3.83. The lowest BCUT2D eigenvalue weighted by Crippen LogP contribution is -2.04. The normalized spacial score (nSPS) is 11.4. The van der Waals surface area contributed by atoms with Gasteiger partial charge in [-0.2, -0.15) is 13.2 Å². The van der Waals surface area contributed by atoms with E-state index in [4.69, 9.17) is 11.6 Å². The quantitative estimate of drug-likeness (QED) is 0.471. The van der Waals surface area contributed by atoms with Gasteiger partial charge in [0, 0.05) is 11.6 Å². The maximum absolute atomic E-state index is 12.4. The van der Waals surface area contributed by atoms with Gasteiger partial charge < -0.3 is 0 Å². The summed E-state index contributed by atoms with van der Waals surface area (Å²) in [4.78, 5) is 14.0. The van der Waals surface area contributed by atoms with E-state index >= 15 is 0 Å². The number of aromatic nitrogens is 1. The van der Waals surface area contributed by atoms with Crippen LogP contribution in [0.4, 0.5) is 18.9 Å². The number of nitrogens with zero attached hydrogens (tertiary/aromatic N) is 2. The number of pyridine rings is 1. The van der Waals surface area contributed by atoms with Gasteiger partial charge >= 0.3 is 6.18 Å². The van der Waals surface area contributed by atoms with Gasteiger partial charge in [0.15, 0.2) is 0 Å². The van der Waals surface area contributed by atoms with Crippen LogP contribution < -0.4 is 0 Å². The Morgan fingerprint density at radius 2 is 1.70 bits per heavy atom. The van der Waals surface area contributed by atoms with Crippen molar-refractivity contribution in [2.24, 2.45) is 0 Å². The second kappa shape index (κ2) is 5.09. The van der Waals surface area contributed by atoms with Crippen LogP contribution in [-0.2, 0) is 6.18 Å². The zero-order valence-electron chi connectivity index (χ0n) is 9.69. The molecule has 0 aliphatic rings. The minimum Gasteiger partial charge on any atom is -0.258 e. The minimum absolute atomic E-state index is 0.0190. The molecule has 0 bridgehead atoms. The predicted octanol–water partition coefficient (Wildman–Crippen LogP) is 4.33. The Bertz CT molecular complexity index is 657. The molecule has 0 aliphatic carbocycles. The monoisotopic (exact) mass is 302 g/mol. The van der Waals surface area contributed by atoms with Gasteiger partial charge in [-0.15, -0.1) is 0 Å². The molecule has 0 amide bonds. The maximum Gasteiger partial charge on any atom is 0.416 e. The molecular formula is C12H6ClF3N2O2. The summed E-state index contributed by atoms with van der Waals surface area (Å²) in [5, 5.41) is 10.9. The van der Waals surface area contributed by atoms with Crippen LogP contribution in [0.5, 0.6) is 0 Å². The third-order valence-electron chi connectivity index (χ3n) is 2.52. The van der Waals surface area contributed by atoms with Crippen LogP contribution in [0.2, 0.25) is 5.15 Å². The molecule has 4 nitrogen and oxygen atoms in total. The summed E-state index contributed by atoms with van der Waals surface area (Å²) in [6, 6.07) is 6.31. The Hall–Kier alpha value is -2.15. The van der Waals surface area contributed by atoms with Crippen molar-refractivity contribution < 1.29 is 18.1 Å². The number of rotatable bonds is 2. The van der Waals surface area contributed by atoms with E-state index in [0.717, 1.165) is 30.3 Å². The van der Waals surface area contributed by atoms with E-state index in [9.17, 15) is 23.3 Å². The first-order valence-corrected chi connectivity index (χ1v) is 5.65. The van der Waals surface area contributed by atoms with Gasteiger partial charge in [-0.25, -0.2) is 4.98 Å². The number of hydrogen-bond acceptors (Lipinski definition) is 3. The lowest BCUT2D eigenvalue weighted by molar-refractivity contribution is -0.384. The number of benzene rings is 1. The molecule has 0 saturated carbocycles. The highest BCUT2D eigenvalue weighted by atomic mass is 35.5. The average molecular weight is 303 g/mol. The largest absolute Gasteiger partial charge is 0.416 e. The lowest BCUT2D eigenvalue weighted by Gasteiger charge is -2.07. The third kappa shape index (κ3) is 2.88. The van der Waals surface area contributed by atoms with Crippen LogP contribution >= 0.6 is 11.6 Å². The SMILES string of the molecule is O=[N+]([O-])c1ccc(Cl)nc1-c1ccc(C(F)(F)F)cc1. The molecule has 20 heavy (non-hydrogen) atoms. The molecule has 104 valence electrons. The summed E-state index contributed by atoms with van der Waals surface area (Å²) in [6.07, 6.45) is -4.47. The van der Waals surface area contributed by atoms with E-state index in [1.165, 1.54) is 6.07 Å². The Labute approximate surface area is 116 Å². The lowest BCUT2D eigenvalue weighted by atomic mass is 10.1. The summed E-state index contributed by atoms with van der Waals surface area (Å²) in [5.74, 6) is 0. The summed E-state index contributed by atoms with van der Waals surface area (Å²) < 4.78 is 37.3. The van der Waals surface area contributed by atoms with Gasteiger partial charge in [0.2, 0.25) is 0 Å². The van der Waals surface area contributed by atoms with Crippen LogP contribution in [0.25, 0.3) is 11.3 Å². The highest BCUT2D eigenvalue weighted by Gasteiger charge is 2.30. The Morgan fingerprint density at radius 1 is 1.10 bits per heavy atom. The van der Waals surface area contributed by atoms with E-state index in [0.29, 0.717) is 0 Å². The number of halogens is 4. The zero-order valence-corrected chi connectivity index (χ0v) is 10.4. The summed E-state index contributed by atoms with van der Waals surface area (Å²) in [5.41, 5.74) is -1.05. The van der Waals surface area contributed by atoms with Crippen molar-refractivity contribution >= 4 is 17.3 Å². The van der Waals surface area contributed by atoms with Crippen molar-refractivity contribution in [1.29, 1.82) is 0 Å². The minimum atomic E-state index is -4.47. The Kier molecular flexibility index (Phi) is 3.63. The van der Waals surface area contributed by atoms with Crippen LogP contribution in [0.1, 0.15) is 5.56 Å². The molecule has 0 saturated heterocycles. The van der Waals surface area contributed by atoms with Gasteiger partial charge in [-0.1, -0.05) is 23.7 Å². The third-order valence-corrected chi connectivity index (χ3v) is 2.73. The van der Waals surface area contributed by atoms with Crippen molar-refractivity contribution in [2.45, 2.75) is 6.18 Å². The summed E-state index contributed by atoms with van der Waals surface area (Å²) in [7, 11) is 0. The summed E-state index contributed by atoms with van der Waals surface area (Å²) >= 11 is 5.66. The second-order valence-corrected chi connectivity index (χ2v) is 4.22. The van der Waals surface area contributed by atoms with E-state index < -0.39 is 16.7 Å². The molecule has 1 aromatic heterocycles. The molecule has 0 unspecified atom stereocenters. The van der Waals surface area contributed by atoms with Crippen molar-refractivity contribution in [3.8, 4) is 11.3 Å². The first kappa shape index (κ1) is 14.3. The van der Waals surface area contributed by atoms with E-state index in [-0.39, 0.29) is 22.1 Å². The molecule has 0 radical (unpaired) electrons. The smallest absolute Gasteiger partial charge is 0.258 e. The molecule has 0 aliphatic heterocycles. The Balaban J connectivity index is 2.52. The molecule has 1 aromatic carbocycles. The van der Waals surface area contributed by atoms with Crippen molar-refractivity contribution in [3.05, 3.63) is 57.2 Å². The Morgan fingerprint density at radius 3 is 2.20 bits per heavy atom. The fourth-order valence-corrected chi connectivity index (χ4v) is 1.75. The van der Waals surface area contributed by atoms with Gasteiger partial charge in [0.1, 0.15) is 10.8 Å². The number of nitro groups is 1. The van der Waals surface area contributed by atoms with Gasteiger partial charge in [0.05, 0.1) is 10.5 Å². The predicted molar refractivity (Wildman–Crippen MR) is 66.3 cm³/mol. The highest BCUT2D eigenvalue weighted by Crippen LogP contribution is 2.33. The molecular weight excluding hydrogens is 297 g/mol. The van der Waals surface area contributed by atoms with Crippen molar-refractivity contribution in [3.63, 3.8) is 0 Å². The molecule has 0 fully saturated rings. The number of alkyl halides is 3. The molecule has 2 aromatic rings. The zero-order chi connectivity index (χ0) is 14.9. The van der Waals surface area contributed by atoms with E-state index in [1.807, 2.05) is 0 Å². The van der Waals surface area contributed by atoms with Gasteiger partial charge in [0.25, 0.3) is 5.69 Å². The van der Waals surface area contributed by atoms with Gasteiger partial charge in [-0.05, 0) is 18.2 Å². The summed E-state index contributed by atoms with van der Waals surface area (Å²) in [6.45, 7) is 0. The maximum atomic E-state index is 12.4. The van der Waals surface area contributed by atoms with E-state index in [1.54, 1.807) is 0 Å². The standard InChI is InChI=1S/C12H6ClF3N2O2/c13-10-6-5-9(18(19)20)11(17-10)7-1-3-8(4-2-7)12(14,15)16/h1-6H. The fourth-order valence-electron chi connectivity index (χ4n) is 1.60. The highest BCUT2D eigenvalue weighted by molar-refractivity contribution is 6.29. The molecule has 0 spiro atoms. The van der Waals surface area contributed by atoms with Crippen LogP contribution in [-0.4, -0.2) is 9.91 Å².